The number of hydrogen-bond acceptors (Lipinski definition) is 3. The standard InChI is InChI=1S/C15H17ClN2O2/c1-3-9-18-14(12(16)10-17-18)15(19)11-7-5-6-8-13(11)20-4-2/h5-8,10H,3-4,9H2,1-2H3. The highest BCUT2D eigenvalue weighted by Crippen LogP contribution is 2.25. The van der Waals surface area contributed by atoms with E-state index in [9.17, 15) is 4.79 Å². The van der Waals surface area contributed by atoms with Crippen LogP contribution in [0.1, 0.15) is 36.3 Å². The summed E-state index contributed by atoms with van der Waals surface area (Å²) in [6.07, 6.45) is 2.39. The molecular weight excluding hydrogens is 276 g/mol. The molecule has 106 valence electrons. The maximum absolute atomic E-state index is 12.7. The third kappa shape index (κ3) is 2.85. The van der Waals surface area contributed by atoms with Gasteiger partial charge in [-0.2, -0.15) is 5.10 Å². The topological polar surface area (TPSA) is 44.1 Å². The molecule has 4 nitrogen and oxygen atoms in total. The SMILES string of the molecule is CCCn1ncc(Cl)c1C(=O)c1ccccc1OCC. The molecule has 0 fully saturated rings. The predicted octanol–water partition coefficient (Wildman–Crippen LogP) is 3.58. The molecule has 0 saturated carbocycles. The molecule has 0 amide bonds. The van der Waals surface area contributed by atoms with Gasteiger partial charge in [0.25, 0.3) is 0 Å². The minimum absolute atomic E-state index is 0.162. The summed E-state index contributed by atoms with van der Waals surface area (Å²) in [5.74, 6) is 0.408. The Balaban J connectivity index is 2.44. The number of nitrogens with zero attached hydrogens (tertiary/aromatic N) is 2. The summed E-state index contributed by atoms with van der Waals surface area (Å²) in [7, 11) is 0. The molecule has 0 atom stereocenters. The molecule has 0 N–H and O–H groups in total. The van der Waals surface area contributed by atoms with Crippen LogP contribution in [0.15, 0.2) is 30.5 Å². The van der Waals surface area contributed by atoms with E-state index in [1.165, 1.54) is 6.20 Å². The van der Waals surface area contributed by atoms with Crippen molar-refractivity contribution in [3.8, 4) is 5.75 Å². The van der Waals surface area contributed by atoms with Crippen molar-refractivity contribution in [2.24, 2.45) is 0 Å². The Hall–Kier alpha value is -1.81. The van der Waals surface area contributed by atoms with Crippen LogP contribution in [0.5, 0.6) is 5.75 Å². The van der Waals surface area contributed by atoms with Gasteiger partial charge in [0.15, 0.2) is 0 Å². The number of ether oxygens (including phenoxy) is 1. The van der Waals surface area contributed by atoms with E-state index >= 15 is 0 Å². The molecule has 2 rings (SSSR count). The number of benzene rings is 1. The van der Waals surface area contributed by atoms with Crippen LogP contribution in [-0.2, 0) is 6.54 Å². The Labute approximate surface area is 123 Å². The van der Waals surface area contributed by atoms with Crippen molar-refractivity contribution in [2.75, 3.05) is 6.61 Å². The van der Waals surface area contributed by atoms with Crippen LogP contribution >= 0.6 is 11.6 Å². The van der Waals surface area contributed by atoms with Crippen LogP contribution in [-0.4, -0.2) is 22.2 Å². The van der Waals surface area contributed by atoms with Crippen LogP contribution in [0.2, 0.25) is 5.02 Å². The van der Waals surface area contributed by atoms with Crippen LogP contribution < -0.4 is 4.74 Å². The molecular formula is C15H17ClN2O2. The molecule has 2 aromatic rings. The average molecular weight is 293 g/mol. The third-order valence-corrected chi connectivity index (χ3v) is 3.15. The first-order valence-electron chi connectivity index (χ1n) is 6.66. The van der Waals surface area contributed by atoms with Crippen molar-refractivity contribution in [3.63, 3.8) is 0 Å². The fourth-order valence-corrected chi connectivity index (χ4v) is 2.26. The van der Waals surface area contributed by atoms with Gasteiger partial charge < -0.3 is 4.74 Å². The van der Waals surface area contributed by atoms with Gasteiger partial charge in [-0.05, 0) is 25.5 Å². The van der Waals surface area contributed by atoms with Crippen LogP contribution in [0, 0.1) is 0 Å². The number of aromatic nitrogens is 2. The zero-order valence-corrected chi connectivity index (χ0v) is 12.4. The lowest BCUT2D eigenvalue weighted by atomic mass is 10.1. The third-order valence-electron chi connectivity index (χ3n) is 2.88. The van der Waals surface area contributed by atoms with Crippen LogP contribution in [0.4, 0.5) is 0 Å². The smallest absolute Gasteiger partial charge is 0.216 e. The first kappa shape index (κ1) is 14.6. The fourth-order valence-electron chi connectivity index (χ4n) is 2.03. The molecule has 0 aliphatic rings. The van der Waals surface area contributed by atoms with Gasteiger partial charge in [0.1, 0.15) is 11.4 Å². The van der Waals surface area contributed by atoms with Gasteiger partial charge >= 0.3 is 0 Å². The first-order chi connectivity index (χ1) is 9.69. The highest BCUT2D eigenvalue weighted by molar-refractivity contribution is 6.34. The van der Waals surface area contributed by atoms with Gasteiger partial charge in [-0.1, -0.05) is 30.7 Å². The molecule has 1 heterocycles. The first-order valence-corrected chi connectivity index (χ1v) is 7.04. The van der Waals surface area contributed by atoms with Gasteiger partial charge in [0.2, 0.25) is 5.78 Å². The zero-order chi connectivity index (χ0) is 14.5. The van der Waals surface area contributed by atoms with Crippen LogP contribution in [0.25, 0.3) is 0 Å². The number of ketones is 1. The van der Waals surface area contributed by atoms with Gasteiger partial charge in [-0.15, -0.1) is 0 Å². The summed E-state index contributed by atoms with van der Waals surface area (Å²) in [5.41, 5.74) is 0.926. The van der Waals surface area contributed by atoms with Gasteiger partial charge in [-0.3, -0.25) is 9.48 Å². The Morgan fingerprint density at radius 1 is 1.35 bits per heavy atom. The molecule has 0 aliphatic heterocycles. The van der Waals surface area contributed by atoms with E-state index in [1.54, 1.807) is 16.8 Å². The van der Waals surface area contributed by atoms with E-state index < -0.39 is 0 Å². The second kappa shape index (κ2) is 6.57. The number of rotatable bonds is 6. The molecule has 0 aliphatic carbocycles. The largest absolute Gasteiger partial charge is 0.493 e. The van der Waals surface area contributed by atoms with Crippen LogP contribution in [0.3, 0.4) is 0 Å². The minimum atomic E-state index is -0.162. The number of halogens is 1. The average Bonchev–Trinajstić information content (AvgIpc) is 2.81. The Morgan fingerprint density at radius 2 is 2.10 bits per heavy atom. The maximum Gasteiger partial charge on any atom is 0.216 e. The monoisotopic (exact) mass is 292 g/mol. The van der Waals surface area contributed by atoms with Gasteiger partial charge in [0.05, 0.1) is 23.4 Å². The quantitative estimate of drug-likeness (QED) is 0.765. The molecule has 20 heavy (non-hydrogen) atoms. The second-order valence-electron chi connectivity index (χ2n) is 4.32. The summed E-state index contributed by atoms with van der Waals surface area (Å²) >= 11 is 6.11. The van der Waals surface area contributed by atoms with Crippen molar-refractivity contribution in [1.82, 2.24) is 9.78 Å². The highest BCUT2D eigenvalue weighted by atomic mass is 35.5. The van der Waals surface area contributed by atoms with E-state index in [-0.39, 0.29) is 5.78 Å². The summed E-state index contributed by atoms with van der Waals surface area (Å²) in [5, 5.41) is 4.52. The summed E-state index contributed by atoms with van der Waals surface area (Å²) in [6, 6.07) is 7.18. The molecule has 0 unspecified atom stereocenters. The highest BCUT2D eigenvalue weighted by Gasteiger charge is 2.21. The summed E-state index contributed by atoms with van der Waals surface area (Å²) < 4.78 is 7.15. The molecule has 5 heteroatoms. The predicted molar refractivity (Wildman–Crippen MR) is 78.6 cm³/mol. The number of aryl methyl sites for hydroxylation is 1. The zero-order valence-electron chi connectivity index (χ0n) is 11.6. The van der Waals surface area contributed by atoms with E-state index in [0.717, 1.165) is 6.42 Å². The van der Waals surface area contributed by atoms with Crippen molar-refractivity contribution in [2.45, 2.75) is 26.8 Å². The second-order valence-corrected chi connectivity index (χ2v) is 4.73. The molecule has 1 aromatic carbocycles. The normalized spacial score (nSPS) is 10.6. The van der Waals surface area contributed by atoms with Crippen molar-refractivity contribution >= 4 is 17.4 Å². The lowest BCUT2D eigenvalue weighted by Crippen LogP contribution is -2.13. The summed E-state index contributed by atoms with van der Waals surface area (Å²) in [6.45, 7) is 5.07. The number of para-hydroxylation sites is 1. The minimum Gasteiger partial charge on any atom is -0.493 e. The molecule has 0 radical (unpaired) electrons. The fraction of sp³-hybridized carbons (Fsp3) is 0.333. The van der Waals surface area contributed by atoms with Crippen molar-refractivity contribution in [1.29, 1.82) is 0 Å². The lowest BCUT2D eigenvalue weighted by Gasteiger charge is -2.10. The van der Waals surface area contributed by atoms with E-state index in [2.05, 4.69) is 5.10 Å². The van der Waals surface area contributed by atoms with Gasteiger partial charge in [0, 0.05) is 6.54 Å². The van der Waals surface area contributed by atoms with E-state index in [1.807, 2.05) is 26.0 Å². The van der Waals surface area contributed by atoms with E-state index in [4.69, 9.17) is 16.3 Å². The Morgan fingerprint density at radius 3 is 2.80 bits per heavy atom. The molecule has 0 spiro atoms. The Bertz CT molecular complexity index is 608. The molecule has 0 bridgehead atoms. The maximum atomic E-state index is 12.7. The van der Waals surface area contributed by atoms with Gasteiger partial charge in [-0.25, -0.2) is 0 Å². The van der Waals surface area contributed by atoms with E-state index in [0.29, 0.717) is 35.2 Å². The number of carbonyl (C=O) groups is 1. The summed E-state index contributed by atoms with van der Waals surface area (Å²) in [4.78, 5) is 12.7. The number of hydrogen-bond donors (Lipinski definition) is 0. The Kier molecular flexibility index (Phi) is 4.79. The number of carbonyl (C=O) groups excluding carboxylic acids is 1. The van der Waals surface area contributed by atoms with Crippen molar-refractivity contribution in [3.05, 3.63) is 46.7 Å². The molecule has 1 aromatic heterocycles. The molecule has 0 saturated heterocycles. The lowest BCUT2D eigenvalue weighted by molar-refractivity contribution is 0.102. The van der Waals surface area contributed by atoms with Crippen molar-refractivity contribution < 1.29 is 9.53 Å².